The number of ether oxygens (including phenoxy) is 1. The molecule has 2 aliphatic rings. The average molecular weight is 365 g/mol. The zero-order chi connectivity index (χ0) is 18.2. The van der Waals surface area contributed by atoms with Crippen LogP contribution in [0.15, 0.2) is 34.2 Å². The van der Waals surface area contributed by atoms with Gasteiger partial charge in [-0.2, -0.15) is 0 Å². The molecule has 2 heterocycles. The molecule has 1 amide bonds. The summed E-state index contributed by atoms with van der Waals surface area (Å²) in [5.41, 5.74) is 0.0887. The Hall–Kier alpha value is -2.09. The molecule has 136 valence electrons. The van der Waals surface area contributed by atoms with Gasteiger partial charge in [0, 0.05) is 25.2 Å². The molecule has 2 aliphatic heterocycles. The number of nitrogens with zero attached hydrogens (tertiary/aromatic N) is 2. The summed E-state index contributed by atoms with van der Waals surface area (Å²) in [5.74, 6) is 0.573. The van der Waals surface area contributed by atoms with Gasteiger partial charge in [-0.3, -0.25) is 9.71 Å². The predicted octanol–water partition coefficient (Wildman–Crippen LogP) is 1.98. The number of nitrogens with one attached hydrogen (secondary N) is 1. The van der Waals surface area contributed by atoms with E-state index in [1.165, 1.54) is 0 Å². The normalized spacial score (nSPS) is 23.4. The standard InChI is InChI=1S/C17H23N3O4S/c1-17(2,3)24-16(21)20-9-8-12(11-20)10-18-15-13-6-4-5-7-14(13)25(22,23)19-15/h4-7,12H,8-11H2,1-3H3,(H,18,19)/t12-/m0/s1. The number of hydrogen-bond acceptors (Lipinski definition) is 5. The summed E-state index contributed by atoms with van der Waals surface area (Å²) >= 11 is 0. The number of carbonyl (C=O) groups excluding carboxylic acids is 1. The van der Waals surface area contributed by atoms with Gasteiger partial charge in [0.15, 0.2) is 0 Å². The Kier molecular flexibility index (Phi) is 4.49. The molecule has 1 aromatic rings. The topological polar surface area (TPSA) is 88.1 Å². The minimum atomic E-state index is -3.51. The predicted molar refractivity (Wildman–Crippen MR) is 94.1 cm³/mol. The van der Waals surface area contributed by atoms with Gasteiger partial charge in [0.05, 0.1) is 4.90 Å². The van der Waals surface area contributed by atoms with Gasteiger partial charge in [0.2, 0.25) is 0 Å². The number of hydrogen-bond donors (Lipinski definition) is 1. The van der Waals surface area contributed by atoms with Crippen molar-refractivity contribution in [3.63, 3.8) is 0 Å². The van der Waals surface area contributed by atoms with E-state index in [9.17, 15) is 13.2 Å². The summed E-state index contributed by atoms with van der Waals surface area (Å²) in [7, 11) is -3.51. The number of amides is 1. The third kappa shape index (κ3) is 3.95. The summed E-state index contributed by atoms with van der Waals surface area (Å²) in [6.45, 7) is 7.19. The molecular weight excluding hydrogens is 342 g/mol. The number of amidine groups is 1. The highest BCUT2D eigenvalue weighted by Gasteiger charge is 2.32. The van der Waals surface area contributed by atoms with Crippen molar-refractivity contribution in [2.24, 2.45) is 10.9 Å². The summed E-state index contributed by atoms with van der Waals surface area (Å²) in [4.78, 5) is 18.5. The molecule has 1 N–H and O–H groups in total. The molecule has 0 radical (unpaired) electrons. The zero-order valence-electron chi connectivity index (χ0n) is 14.7. The smallest absolute Gasteiger partial charge is 0.410 e. The van der Waals surface area contributed by atoms with Gasteiger partial charge in [-0.15, -0.1) is 0 Å². The first-order valence-electron chi connectivity index (χ1n) is 8.30. The maximum absolute atomic E-state index is 12.1. The van der Waals surface area contributed by atoms with Crippen molar-refractivity contribution in [3.8, 4) is 0 Å². The molecule has 0 aliphatic carbocycles. The van der Waals surface area contributed by atoms with Crippen molar-refractivity contribution in [3.05, 3.63) is 29.8 Å². The molecule has 0 bridgehead atoms. The highest BCUT2D eigenvalue weighted by atomic mass is 32.2. The lowest BCUT2D eigenvalue weighted by Gasteiger charge is -2.24. The molecule has 1 fully saturated rings. The molecule has 25 heavy (non-hydrogen) atoms. The van der Waals surface area contributed by atoms with Crippen molar-refractivity contribution in [1.29, 1.82) is 0 Å². The van der Waals surface area contributed by atoms with Gasteiger partial charge in [0.25, 0.3) is 10.0 Å². The second-order valence-electron chi connectivity index (χ2n) is 7.37. The van der Waals surface area contributed by atoms with Crippen molar-refractivity contribution in [2.75, 3.05) is 19.6 Å². The van der Waals surface area contributed by atoms with Crippen molar-refractivity contribution in [2.45, 2.75) is 37.7 Å². The molecule has 1 aromatic carbocycles. The minimum absolute atomic E-state index is 0.192. The lowest BCUT2D eigenvalue weighted by molar-refractivity contribution is 0.0289. The van der Waals surface area contributed by atoms with Gasteiger partial charge >= 0.3 is 6.09 Å². The molecule has 3 rings (SSSR count). The van der Waals surface area contributed by atoms with Crippen molar-refractivity contribution >= 4 is 22.0 Å². The van der Waals surface area contributed by atoms with Crippen LogP contribution in [-0.2, 0) is 14.8 Å². The summed E-state index contributed by atoms with van der Waals surface area (Å²) in [5, 5.41) is 0. The molecule has 1 saturated heterocycles. The van der Waals surface area contributed by atoms with Crippen LogP contribution in [0.4, 0.5) is 4.79 Å². The minimum Gasteiger partial charge on any atom is -0.444 e. The number of benzene rings is 1. The van der Waals surface area contributed by atoms with Gasteiger partial charge in [-0.05, 0) is 45.2 Å². The lowest BCUT2D eigenvalue weighted by atomic mass is 10.1. The summed E-state index contributed by atoms with van der Waals surface area (Å²) in [6.07, 6.45) is 0.513. The molecule has 0 unspecified atom stereocenters. The first-order valence-corrected chi connectivity index (χ1v) is 9.79. The fraction of sp³-hybridized carbons (Fsp3) is 0.529. The van der Waals surface area contributed by atoms with Crippen molar-refractivity contribution < 1.29 is 17.9 Å². The fourth-order valence-corrected chi connectivity index (χ4v) is 4.20. The number of aliphatic imine (C=N–C) groups is 1. The second kappa shape index (κ2) is 6.33. The summed E-state index contributed by atoms with van der Waals surface area (Å²) < 4.78 is 32.0. The van der Waals surface area contributed by atoms with E-state index in [4.69, 9.17) is 4.74 Å². The van der Waals surface area contributed by atoms with Gasteiger partial charge in [-0.25, -0.2) is 13.2 Å². The third-order valence-corrected chi connectivity index (χ3v) is 5.50. The molecule has 0 saturated carbocycles. The van der Waals surface area contributed by atoms with E-state index >= 15 is 0 Å². The summed E-state index contributed by atoms with van der Waals surface area (Å²) in [6, 6.07) is 6.79. The fourth-order valence-electron chi connectivity index (χ4n) is 2.95. The first kappa shape index (κ1) is 17.7. The van der Waals surface area contributed by atoms with Gasteiger partial charge < -0.3 is 9.64 Å². The van der Waals surface area contributed by atoms with Crippen LogP contribution >= 0.6 is 0 Å². The van der Waals surface area contributed by atoms with Crippen LogP contribution in [0, 0.1) is 5.92 Å². The Morgan fingerprint density at radius 1 is 1.36 bits per heavy atom. The van der Waals surface area contributed by atoms with Gasteiger partial charge in [0.1, 0.15) is 11.4 Å². The molecule has 0 spiro atoms. The van der Waals surface area contributed by atoms with Crippen LogP contribution in [0.1, 0.15) is 32.8 Å². The molecular formula is C17H23N3O4S. The Morgan fingerprint density at radius 3 is 2.80 bits per heavy atom. The second-order valence-corrected chi connectivity index (χ2v) is 9.02. The quantitative estimate of drug-likeness (QED) is 0.868. The van der Waals surface area contributed by atoms with Crippen LogP contribution in [0.3, 0.4) is 0 Å². The first-order chi connectivity index (χ1) is 11.7. The highest BCUT2D eigenvalue weighted by Crippen LogP contribution is 2.24. The number of carbonyl (C=O) groups is 1. The van der Waals surface area contributed by atoms with E-state index in [0.29, 0.717) is 31.0 Å². The Morgan fingerprint density at radius 2 is 2.08 bits per heavy atom. The van der Waals surface area contributed by atoms with Crippen LogP contribution < -0.4 is 4.72 Å². The van der Waals surface area contributed by atoms with Gasteiger partial charge in [-0.1, -0.05) is 12.1 Å². The lowest BCUT2D eigenvalue weighted by Crippen LogP contribution is -2.35. The van der Waals surface area contributed by atoms with E-state index < -0.39 is 15.6 Å². The van der Waals surface area contributed by atoms with E-state index in [1.807, 2.05) is 20.8 Å². The molecule has 0 aromatic heterocycles. The number of sulfonamides is 1. The SMILES string of the molecule is CC(C)(C)OC(=O)N1CC[C@@H](CN=C2NS(=O)(=O)c3ccccc32)C1. The number of fused-ring (bicyclic) bond motifs is 1. The number of likely N-dealkylation sites (tertiary alicyclic amines) is 1. The Labute approximate surface area is 148 Å². The molecule has 1 atom stereocenters. The zero-order valence-corrected chi connectivity index (χ0v) is 15.5. The highest BCUT2D eigenvalue weighted by molar-refractivity contribution is 7.90. The van der Waals surface area contributed by atoms with E-state index in [1.54, 1.807) is 29.2 Å². The monoisotopic (exact) mass is 365 g/mol. The van der Waals surface area contributed by atoms with Crippen LogP contribution in [-0.4, -0.2) is 50.5 Å². The van der Waals surface area contributed by atoms with E-state index in [2.05, 4.69) is 9.71 Å². The van der Waals surface area contributed by atoms with Crippen LogP contribution in [0.5, 0.6) is 0 Å². The van der Waals surface area contributed by atoms with E-state index in [-0.39, 0.29) is 16.9 Å². The van der Waals surface area contributed by atoms with Crippen LogP contribution in [0.2, 0.25) is 0 Å². The van der Waals surface area contributed by atoms with Crippen molar-refractivity contribution in [1.82, 2.24) is 9.62 Å². The van der Waals surface area contributed by atoms with Crippen LogP contribution in [0.25, 0.3) is 0 Å². The maximum Gasteiger partial charge on any atom is 0.410 e. The maximum atomic E-state index is 12.1. The third-order valence-electron chi connectivity index (χ3n) is 4.11. The largest absolute Gasteiger partial charge is 0.444 e. The molecule has 8 heteroatoms. The Balaban J connectivity index is 1.64. The average Bonchev–Trinajstić information content (AvgIpc) is 3.07. The van der Waals surface area contributed by atoms with E-state index in [0.717, 1.165) is 6.42 Å². The Bertz CT molecular complexity index is 811. The molecule has 7 nitrogen and oxygen atoms in total. The number of rotatable bonds is 2.